The third-order valence-electron chi connectivity index (χ3n) is 2.53. The van der Waals surface area contributed by atoms with Gasteiger partial charge in [-0.2, -0.15) is 0 Å². The number of carboxylic acid groups (broad SMARTS) is 1. The second kappa shape index (κ2) is 6.11. The van der Waals surface area contributed by atoms with E-state index in [9.17, 15) is 9.90 Å². The van der Waals surface area contributed by atoms with Gasteiger partial charge in [0.15, 0.2) is 11.5 Å². The van der Waals surface area contributed by atoms with Gasteiger partial charge < -0.3 is 24.4 Å². The van der Waals surface area contributed by atoms with Crippen LogP contribution in [-0.2, 0) is 13.0 Å². The quantitative estimate of drug-likeness (QED) is 0.617. The number of hydrogen-bond donors (Lipinski definition) is 2. The molecule has 2 N–H and O–H groups in total. The Hall–Kier alpha value is -1.95. The topological polar surface area (TPSA) is 85.2 Å². The summed E-state index contributed by atoms with van der Waals surface area (Å²) in [5.74, 6) is 0.473. The van der Waals surface area contributed by atoms with Crippen LogP contribution in [0.5, 0.6) is 17.2 Å². The van der Waals surface area contributed by atoms with E-state index < -0.39 is 6.16 Å². The Morgan fingerprint density at radius 2 is 1.94 bits per heavy atom. The highest BCUT2D eigenvalue weighted by Gasteiger charge is 2.21. The molecule has 1 aromatic rings. The van der Waals surface area contributed by atoms with Crippen LogP contribution in [0.4, 0.5) is 4.79 Å². The summed E-state index contributed by atoms with van der Waals surface area (Å²) in [5.41, 5.74) is 1.31. The maximum atomic E-state index is 10.7. The van der Waals surface area contributed by atoms with E-state index >= 15 is 0 Å². The molecule has 0 fully saturated rings. The van der Waals surface area contributed by atoms with E-state index in [0.29, 0.717) is 17.5 Å². The highest BCUT2D eigenvalue weighted by atomic mass is 16.7. The Bertz CT molecular complexity index is 441. The molecule has 18 heavy (non-hydrogen) atoms. The second-order valence-electron chi connectivity index (χ2n) is 3.46. The zero-order valence-corrected chi connectivity index (χ0v) is 10.5. The van der Waals surface area contributed by atoms with Gasteiger partial charge in [0, 0.05) is 5.56 Å². The predicted octanol–water partition coefficient (Wildman–Crippen LogP) is 1.82. The second-order valence-corrected chi connectivity index (χ2v) is 3.46. The minimum atomic E-state index is -1.45. The molecule has 6 nitrogen and oxygen atoms in total. The monoisotopic (exact) mass is 256 g/mol. The molecular formula is C12H16O6. The van der Waals surface area contributed by atoms with Crippen LogP contribution in [0, 0.1) is 0 Å². The number of methoxy groups -OCH3 is 2. The largest absolute Gasteiger partial charge is 0.511 e. The molecule has 1 rings (SSSR count). The van der Waals surface area contributed by atoms with E-state index in [1.807, 2.05) is 6.92 Å². The van der Waals surface area contributed by atoms with E-state index in [1.165, 1.54) is 14.2 Å². The maximum Gasteiger partial charge on any atom is 0.511 e. The fourth-order valence-corrected chi connectivity index (χ4v) is 1.79. The van der Waals surface area contributed by atoms with Crippen LogP contribution in [0.15, 0.2) is 6.07 Å². The molecule has 1 aromatic carbocycles. The summed E-state index contributed by atoms with van der Waals surface area (Å²) < 4.78 is 14.9. The fourth-order valence-electron chi connectivity index (χ4n) is 1.79. The van der Waals surface area contributed by atoms with Gasteiger partial charge >= 0.3 is 6.16 Å². The maximum absolute atomic E-state index is 10.7. The van der Waals surface area contributed by atoms with Crippen LogP contribution >= 0.6 is 0 Å². The van der Waals surface area contributed by atoms with Crippen molar-refractivity contribution in [2.45, 2.75) is 20.0 Å². The van der Waals surface area contributed by atoms with E-state index in [2.05, 4.69) is 4.74 Å². The van der Waals surface area contributed by atoms with Crippen molar-refractivity contribution in [3.05, 3.63) is 17.2 Å². The molecule has 0 amide bonds. The lowest BCUT2D eigenvalue weighted by Crippen LogP contribution is -2.09. The molecule has 0 heterocycles. The lowest BCUT2D eigenvalue weighted by Gasteiger charge is -2.17. The van der Waals surface area contributed by atoms with Crippen molar-refractivity contribution < 1.29 is 29.2 Å². The zero-order valence-electron chi connectivity index (χ0n) is 10.5. The lowest BCUT2D eigenvalue weighted by atomic mass is 10.0. The number of rotatable bonds is 5. The highest BCUT2D eigenvalue weighted by molar-refractivity contribution is 5.68. The molecule has 0 aliphatic rings. The molecule has 0 radical (unpaired) electrons. The van der Waals surface area contributed by atoms with Crippen molar-refractivity contribution in [2.75, 3.05) is 14.2 Å². The predicted molar refractivity (Wildman–Crippen MR) is 63.5 cm³/mol. The normalized spacial score (nSPS) is 10.0. The van der Waals surface area contributed by atoms with Crippen molar-refractivity contribution >= 4 is 6.16 Å². The number of hydrogen-bond acceptors (Lipinski definition) is 5. The number of ether oxygens (including phenoxy) is 3. The summed E-state index contributed by atoms with van der Waals surface area (Å²) in [6, 6.07) is 1.54. The lowest BCUT2D eigenvalue weighted by molar-refractivity contribution is 0.141. The Labute approximate surface area is 105 Å². The fraction of sp³-hybridized carbons (Fsp3) is 0.417. The molecule has 0 atom stereocenters. The summed E-state index contributed by atoms with van der Waals surface area (Å²) in [6.07, 6.45) is -0.885. The molecule has 0 aliphatic carbocycles. The molecule has 0 saturated heterocycles. The van der Waals surface area contributed by atoms with Crippen molar-refractivity contribution in [2.24, 2.45) is 0 Å². The van der Waals surface area contributed by atoms with Gasteiger partial charge in [-0.3, -0.25) is 0 Å². The number of benzene rings is 1. The Kier molecular flexibility index (Phi) is 4.79. The molecule has 0 spiro atoms. The molecule has 0 aromatic heterocycles. The molecule has 100 valence electrons. The third kappa shape index (κ3) is 2.65. The van der Waals surface area contributed by atoms with Gasteiger partial charge in [0.25, 0.3) is 0 Å². The average Bonchev–Trinajstić information content (AvgIpc) is 2.36. The summed E-state index contributed by atoms with van der Waals surface area (Å²) in [5, 5.41) is 18.0. The Morgan fingerprint density at radius 3 is 2.33 bits per heavy atom. The molecule has 0 saturated carbocycles. The first-order chi connectivity index (χ1) is 8.58. The first kappa shape index (κ1) is 14.1. The van der Waals surface area contributed by atoms with Gasteiger partial charge in [0.2, 0.25) is 5.75 Å². The van der Waals surface area contributed by atoms with Crippen molar-refractivity contribution in [3.63, 3.8) is 0 Å². The van der Waals surface area contributed by atoms with Crippen LogP contribution in [0.2, 0.25) is 0 Å². The summed E-state index contributed by atoms with van der Waals surface area (Å²) in [7, 11) is 2.79. The molecule has 0 bridgehead atoms. The van der Waals surface area contributed by atoms with Crippen LogP contribution < -0.4 is 14.2 Å². The van der Waals surface area contributed by atoms with Crippen molar-refractivity contribution in [1.82, 2.24) is 0 Å². The van der Waals surface area contributed by atoms with Gasteiger partial charge in [-0.1, -0.05) is 6.92 Å². The number of carbonyl (C=O) groups is 1. The van der Waals surface area contributed by atoms with Crippen molar-refractivity contribution in [1.29, 1.82) is 0 Å². The summed E-state index contributed by atoms with van der Waals surface area (Å²) in [4.78, 5) is 10.7. The van der Waals surface area contributed by atoms with Crippen LogP contribution in [-0.4, -0.2) is 30.6 Å². The van der Waals surface area contributed by atoms with Crippen molar-refractivity contribution in [3.8, 4) is 17.2 Å². The van der Waals surface area contributed by atoms with Crippen LogP contribution in [0.3, 0.4) is 0 Å². The van der Waals surface area contributed by atoms with Gasteiger partial charge in [0.05, 0.1) is 20.8 Å². The first-order valence-corrected chi connectivity index (χ1v) is 5.37. The van der Waals surface area contributed by atoms with Crippen LogP contribution in [0.25, 0.3) is 0 Å². The highest BCUT2D eigenvalue weighted by Crippen LogP contribution is 2.42. The average molecular weight is 256 g/mol. The number of aliphatic hydroxyl groups excluding tert-OH is 1. The van der Waals surface area contributed by atoms with E-state index in [0.717, 1.165) is 0 Å². The molecular weight excluding hydrogens is 240 g/mol. The van der Waals surface area contributed by atoms with E-state index in [1.54, 1.807) is 6.07 Å². The zero-order chi connectivity index (χ0) is 13.7. The van der Waals surface area contributed by atoms with E-state index in [4.69, 9.17) is 14.6 Å². The third-order valence-corrected chi connectivity index (χ3v) is 2.53. The van der Waals surface area contributed by atoms with Crippen LogP contribution in [0.1, 0.15) is 18.1 Å². The molecule has 0 unspecified atom stereocenters. The standard InChI is InChI=1S/C12H16O6/c1-4-8-7(6-13)5-9(16-2)11(10(8)17-3)18-12(14)15/h5,13H,4,6H2,1-3H3,(H,14,15). The molecule has 0 aliphatic heterocycles. The van der Waals surface area contributed by atoms with E-state index in [-0.39, 0.29) is 23.9 Å². The summed E-state index contributed by atoms with van der Waals surface area (Å²) in [6.45, 7) is 1.68. The first-order valence-electron chi connectivity index (χ1n) is 5.37. The smallest absolute Gasteiger partial charge is 0.493 e. The summed E-state index contributed by atoms with van der Waals surface area (Å²) >= 11 is 0. The van der Waals surface area contributed by atoms with Gasteiger partial charge in [-0.25, -0.2) is 4.79 Å². The van der Waals surface area contributed by atoms with Gasteiger partial charge in [-0.05, 0) is 18.1 Å². The SMILES string of the molecule is CCc1c(CO)cc(OC)c(OC(=O)O)c1OC. The molecule has 6 heteroatoms. The minimum Gasteiger partial charge on any atom is -0.493 e. The van der Waals surface area contributed by atoms with Gasteiger partial charge in [0.1, 0.15) is 0 Å². The Balaban J connectivity index is 3.49. The number of aliphatic hydroxyl groups is 1. The van der Waals surface area contributed by atoms with Gasteiger partial charge in [-0.15, -0.1) is 0 Å². The Morgan fingerprint density at radius 1 is 1.28 bits per heavy atom. The minimum absolute atomic E-state index is 0.00144.